The van der Waals surface area contributed by atoms with Gasteiger partial charge in [-0.2, -0.15) is 0 Å². The van der Waals surface area contributed by atoms with Crippen molar-refractivity contribution in [2.75, 3.05) is 5.32 Å². The van der Waals surface area contributed by atoms with E-state index >= 15 is 0 Å². The van der Waals surface area contributed by atoms with Gasteiger partial charge in [-0.15, -0.1) is 0 Å². The summed E-state index contributed by atoms with van der Waals surface area (Å²) >= 11 is 5.93. The Morgan fingerprint density at radius 3 is 2.30 bits per heavy atom. The van der Waals surface area contributed by atoms with Gasteiger partial charge < -0.3 is 9.88 Å². The van der Waals surface area contributed by atoms with Gasteiger partial charge in [-0.25, -0.2) is 4.98 Å². The number of amides is 1. The zero-order chi connectivity index (χ0) is 23.7. The van der Waals surface area contributed by atoms with Gasteiger partial charge >= 0.3 is 0 Å². The highest BCUT2D eigenvalue weighted by Gasteiger charge is 2.19. The number of carbonyl (C=O) groups is 2. The van der Waals surface area contributed by atoms with Gasteiger partial charge in [-0.05, 0) is 80.4 Å². The normalized spacial score (nSPS) is 10.9. The van der Waals surface area contributed by atoms with E-state index in [9.17, 15) is 14.4 Å². The molecule has 1 amide bonds. The van der Waals surface area contributed by atoms with Gasteiger partial charge in [0.25, 0.3) is 0 Å². The summed E-state index contributed by atoms with van der Waals surface area (Å²) in [5.41, 5.74) is 3.68. The van der Waals surface area contributed by atoms with Crippen LogP contribution in [0.5, 0.6) is 0 Å². The number of hydrogen-bond acceptors (Lipinski definition) is 4. The lowest BCUT2D eigenvalue weighted by molar-refractivity contribution is -0.116. The van der Waals surface area contributed by atoms with Crippen LogP contribution in [0.15, 0.2) is 65.6 Å². The highest BCUT2D eigenvalue weighted by molar-refractivity contribution is 6.30. The van der Waals surface area contributed by atoms with Crippen molar-refractivity contribution in [3.8, 4) is 0 Å². The number of carbonyl (C=O) groups excluding carboxylic acids is 2. The SMILES string of the molecule is Cc1cc(C)cc(NC(=O)Cn2cc(C(=O)c3ccc(Cl)cc3)c(=O)c3ccc(C)nc32)c1. The third kappa shape index (κ3) is 4.86. The standard InChI is InChI=1S/C26H22ClN3O3/c1-15-10-16(2)12-20(11-15)29-23(31)14-30-13-22(24(32)18-5-7-19(27)8-6-18)25(33)21-9-4-17(3)28-26(21)30/h4-13H,14H2,1-3H3,(H,29,31). The molecule has 4 aromatic rings. The summed E-state index contributed by atoms with van der Waals surface area (Å²) in [4.78, 5) is 43.6. The lowest BCUT2D eigenvalue weighted by Crippen LogP contribution is -2.25. The Hall–Kier alpha value is -3.77. The molecule has 2 heterocycles. The number of benzene rings is 2. The Kier molecular flexibility index (Phi) is 6.11. The van der Waals surface area contributed by atoms with Crippen LogP contribution in [0.2, 0.25) is 5.02 Å². The van der Waals surface area contributed by atoms with Crippen LogP contribution in [0.25, 0.3) is 11.0 Å². The molecule has 2 aromatic carbocycles. The van der Waals surface area contributed by atoms with Crippen LogP contribution in [-0.4, -0.2) is 21.2 Å². The molecule has 0 saturated heterocycles. The van der Waals surface area contributed by atoms with Gasteiger partial charge in [0.05, 0.1) is 10.9 Å². The number of halogens is 1. The third-order valence-electron chi connectivity index (χ3n) is 5.23. The smallest absolute Gasteiger partial charge is 0.244 e. The molecule has 0 bridgehead atoms. The number of fused-ring (bicyclic) bond motifs is 1. The van der Waals surface area contributed by atoms with Gasteiger partial charge in [-0.1, -0.05) is 17.7 Å². The molecule has 7 heteroatoms. The Labute approximate surface area is 195 Å². The lowest BCUT2D eigenvalue weighted by atomic mass is 10.0. The molecule has 2 aromatic heterocycles. The van der Waals surface area contributed by atoms with E-state index in [0.717, 1.165) is 11.1 Å². The molecule has 0 aliphatic heterocycles. The zero-order valence-electron chi connectivity index (χ0n) is 18.5. The molecule has 33 heavy (non-hydrogen) atoms. The average molecular weight is 460 g/mol. The van der Waals surface area contributed by atoms with Crippen molar-refractivity contribution >= 4 is 40.0 Å². The van der Waals surface area contributed by atoms with E-state index in [1.807, 2.05) is 32.0 Å². The number of aromatic nitrogens is 2. The second kappa shape index (κ2) is 9.00. The molecule has 166 valence electrons. The number of rotatable bonds is 5. The Morgan fingerprint density at radius 2 is 1.64 bits per heavy atom. The van der Waals surface area contributed by atoms with Crippen LogP contribution >= 0.6 is 11.6 Å². The monoisotopic (exact) mass is 459 g/mol. The molecular formula is C26H22ClN3O3. The highest BCUT2D eigenvalue weighted by atomic mass is 35.5. The largest absolute Gasteiger partial charge is 0.325 e. The number of hydrogen-bond donors (Lipinski definition) is 1. The molecule has 4 rings (SSSR count). The first-order valence-electron chi connectivity index (χ1n) is 10.4. The van der Waals surface area contributed by atoms with Crippen molar-refractivity contribution in [3.05, 3.63) is 104 Å². The predicted octanol–water partition coefficient (Wildman–Crippen LogP) is 4.84. The van der Waals surface area contributed by atoms with Crippen LogP contribution in [-0.2, 0) is 11.3 Å². The van der Waals surface area contributed by atoms with Gasteiger partial charge in [0, 0.05) is 28.2 Å². The summed E-state index contributed by atoms with van der Waals surface area (Å²) in [6.45, 7) is 5.61. The number of pyridine rings is 2. The maximum Gasteiger partial charge on any atom is 0.244 e. The number of anilines is 1. The van der Waals surface area contributed by atoms with Crippen molar-refractivity contribution in [2.45, 2.75) is 27.3 Å². The van der Waals surface area contributed by atoms with Gasteiger partial charge in [-0.3, -0.25) is 14.4 Å². The Bertz CT molecular complexity index is 1440. The first kappa shape index (κ1) is 22.4. The van der Waals surface area contributed by atoms with Gasteiger partial charge in [0.1, 0.15) is 12.2 Å². The molecule has 0 fully saturated rings. The number of aryl methyl sites for hydroxylation is 3. The zero-order valence-corrected chi connectivity index (χ0v) is 19.2. The van der Waals surface area contributed by atoms with Crippen molar-refractivity contribution in [2.24, 2.45) is 0 Å². The number of nitrogens with zero attached hydrogens (tertiary/aromatic N) is 2. The summed E-state index contributed by atoms with van der Waals surface area (Å²) in [6.07, 6.45) is 1.41. The van der Waals surface area contributed by atoms with Crippen molar-refractivity contribution in [1.82, 2.24) is 9.55 Å². The Morgan fingerprint density at radius 1 is 0.970 bits per heavy atom. The van der Waals surface area contributed by atoms with E-state index in [-0.39, 0.29) is 23.4 Å². The second-order valence-electron chi connectivity index (χ2n) is 8.08. The lowest BCUT2D eigenvalue weighted by Gasteiger charge is -2.14. The van der Waals surface area contributed by atoms with Gasteiger partial charge in [0.15, 0.2) is 5.78 Å². The van der Waals surface area contributed by atoms with E-state index in [1.54, 1.807) is 47.9 Å². The van der Waals surface area contributed by atoms with Crippen molar-refractivity contribution in [3.63, 3.8) is 0 Å². The number of ketones is 1. The number of nitrogens with one attached hydrogen (secondary N) is 1. The van der Waals surface area contributed by atoms with Crippen LogP contribution in [0.1, 0.15) is 32.7 Å². The molecule has 0 radical (unpaired) electrons. The molecular weight excluding hydrogens is 438 g/mol. The summed E-state index contributed by atoms with van der Waals surface area (Å²) in [7, 11) is 0. The van der Waals surface area contributed by atoms with Crippen LogP contribution in [0.4, 0.5) is 5.69 Å². The van der Waals surface area contributed by atoms with E-state index < -0.39 is 11.2 Å². The minimum atomic E-state index is -0.442. The van der Waals surface area contributed by atoms with E-state index in [4.69, 9.17) is 11.6 Å². The molecule has 0 unspecified atom stereocenters. The highest BCUT2D eigenvalue weighted by Crippen LogP contribution is 2.17. The maximum absolute atomic E-state index is 13.1. The summed E-state index contributed by atoms with van der Waals surface area (Å²) < 4.78 is 1.55. The van der Waals surface area contributed by atoms with Crippen molar-refractivity contribution < 1.29 is 9.59 Å². The Balaban J connectivity index is 1.76. The molecule has 1 N–H and O–H groups in total. The second-order valence-corrected chi connectivity index (χ2v) is 8.52. The molecule has 0 atom stereocenters. The van der Waals surface area contributed by atoms with E-state index in [1.165, 1.54) is 6.20 Å². The summed E-state index contributed by atoms with van der Waals surface area (Å²) in [5.74, 6) is -0.735. The summed E-state index contributed by atoms with van der Waals surface area (Å²) in [6, 6.07) is 15.5. The first-order valence-corrected chi connectivity index (χ1v) is 10.8. The predicted molar refractivity (Wildman–Crippen MR) is 130 cm³/mol. The topological polar surface area (TPSA) is 81.1 Å². The molecule has 0 saturated carbocycles. The van der Waals surface area contributed by atoms with Crippen LogP contribution < -0.4 is 10.7 Å². The van der Waals surface area contributed by atoms with E-state index in [0.29, 0.717) is 27.6 Å². The quantitative estimate of drug-likeness (QED) is 0.433. The fourth-order valence-corrected chi connectivity index (χ4v) is 3.93. The van der Waals surface area contributed by atoms with Crippen LogP contribution in [0, 0.1) is 20.8 Å². The fraction of sp³-hybridized carbons (Fsp3) is 0.154. The minimum Gasteiger partial charge on any atom is -0.325 e. The van der Waals surface area contributed by atoms with Crippen LogP contribution in [0.3, 0.4) is 0 Å². The van der Waals surface area contributed by atoms with E-state index in [2.05, 4.69) is 10.3 Å². The molecule has 0 spiro atoms. The first-order chi connectivity index (χ1) is 15.7. The summed E-state index contributed by atoms with van der Waals surface area (Å²) in [5, 5.41) is 3.66. The minimum absolute atomic E-state index is 0.0327. The fourth-order valence-electron chi connectivity index (χ4n) is 3.80. The van der Waals surface area contributed by atoms with Gasteiger partial charge in [0.2, 0.25) is 11.3 Å². The van der Waals surface area contributed by atoms with Crippen molar-refractivity contribution in [1.29, 1.82) is 0 Å². The third-order valence-corrected chi connectivity index (χ3v) is 5.48. The average Bonchev–Trinajstić information content (AvgIpc) is 2.75. The maximum atomic E-state index is 13.1. The molecule has 6 nitrogen and oxygen atoms in total. The molecule has 0 aliphatic rings. The molecule has 0 aliphatic carbocycles.